The normalized spacial score (nSPS) is 9.93. The van der Waals surface area contributed by atoms with E-state index < -0.39 is 13.0 Å². The Hall–Kier alpha value is -0.390. The van der Waals surface area contributed by atoms with Gasteiger partial charge in [-0.15, -0.1) is 12.4 Å². The van der Waals surface area contributed by atoms with Gasteiger partial charge in [0.15, 0.2) is 0 Å². The molecular weight excluding hydrogens is 291 g/mol. The molecule has 1 aromatic rings. The van der Waals surface area contributed by atoms with Crippen molar-refractivity contribution in [3.8, 4) is 5.75 Å². The lowest BCUT2D eigenvalue weighted by molar-refractivity contribution is 0.0814. The Bertz CT molecular complexity index is 312. The van der Waals surface area contributed by atoms with E-state index in [2.05, 4.69) is 15.9 Å². The number of hydrogen-bond acceptors (Lipinski definition) is 2. The van der Waals surface area contributed by atoms with Gasteiger partial charge in [-0.1, -0.05) is 22.0 Å². The molecule has 1 rings (SSSR count). The van der Waals surface area contributed by atoms with E-state index in [9.17, 15) is 8.78 Å². The first-order valence-corrected chi connectivity index (χ1v) is 4.82. The largest absolute Gasteiger partial charge is 0.487 e. The minimum Gasteiger partial charge on any atom is -0.487 e. The summed E-state index contributed by atoms with van der Waals surface area (Å²) in [6, 6.07) is 5.16. The van der Waals surface area contributed by atoms with Gasteiger partial charge in [0, 0.05) is 16.6 Å². The minimum absolute atomic E-state index is 0. The molecule has 0 aliphatic rings. The number of rotatable bonds is 4. The minimum atomic E-state index is -2.47. The van der Waals surface area contributed by atoms with Gasteiger partial charge in [-0.3, -0.25) is 0 Å². The molecule has 0 aliphatic carbocycles. The summed E-state index contributed by atoms with van der Waals surface area (Å²) >= 11 is 3.22. The van der Waals surface area contributed by atoms with Crippen molar-refractivity contribution in [3.05, 3.63) is 28.2 Å². The van der Waals surface area contributed by atoms with Crippen LogP contribution in [0.15, 0.2) is 22.7 Å². The second kappa shape index (κ2) is 6.98. The molecule has 0 amide bonds. The topological polar surface area (TPSA) is 35.2 Å². The highest BCUT2D eigenvalue weighted by Gasteiger charge is 2.07. The molecule has 0 saturated heterocycles. The van der Waals surface area contributed by atoms with E-state index in [0.717, 1.165) is 4.47 Å². The first kappa shape index (κ1) is 14.6. The summed E-state index contributed by atoms with van der Waals surface area (Å²) < 4.78 is 29.5. The summed E-state index contributed by atoms with van der Waals surface area (Å²) in [6.45, 7) is -0.338. The number of halogens is 4. The first-order chi connectivity index (χ1) is 6.63. The van der Waals surface area contributed by atoms with Crippen molar-refractivity contribution in [2.75, 3.05) is 6.61 Å². The summed E-state index contributed by atoms with van der Waals surface area (Å²) in [7, 11) is 0. The van der Waals surface area contributed by atoms with Gasteiger partial charge in [-0.25, -0.2) is 8.78 Å². The van der Waals surface area contributed by atoms with Crippen LogP contribution >= 0.6 is 28.3 Å². The van der Waals surface area contributed by atoms with Crippen molar-refractivity contribution in [1.29, 1.82) is 0 Å². The Morgan fingerprint density at radius 1 is 1.40 bits per heavy atom. The number of nitrogens with two attached hydrogens (primary N) is 1. The standard InChI is InChI=1S/C9H10BrF2NO.ClH/c10-7-2-1-6(4-13)8(3-7)14-5-9(11)12;/h1-3,9H,4-5,13H2;1H. The second-order valence-electron chi connectivity index (χ2n) is 2.66. The van der Waals surface area contributed by atoms with Crippen LogP contribution in [0.2, 0.25) is 0 Å². The maximum Gasteiger partial charge on any atom is 0.272 e. The Morgan fingerprint density at radius 3 is 2.60 bits per heavy atom. The second-order valence-corrected chi connectivity index (χ2v) is 3.57. The van der Waals surface area contributed by atoms with Gasteiger partial charge in [-0.2, -0.15) is 0 Å². The molecule has 0 spiro atoms. The highest BCUT2D eigenvalue weighted by molar-refractivity contribution is 9.10. The van der Waals surface area contributed by atoms with E-state index >= 15 is 0 Å². The molecule has 1 aromatic carbocycles. The van der Waals surface area contributed by atoms with Gasteiger partial charge >= 0.3 is 0 Å². The highest BCUT2D eigenvalue weighted by atomic mass is 79.9. The highest BCUT2D eigenvalue weighted by Crippen LogP contribution is 2.23. The van der Waals surface area contributed by atoms with Crippen molar-refractivity contribution in [1.82, 2.24) is 0 Å². The molecule has 0 radical (unpaired) electrons. The maximum absolute atomic E-state index is 11.9. The Kier molecular flexibility index (Phi) is 6.80. The molecule has 0 unspecified atom stereocenters. The van der Waals surface area contributed by atoms with Crippen LogP contribution in [0.5, 0.6) is 5.75 Å². The predicted octanol–water partition coefficient (Wildman–Crippen LogP) is 2.97. The summed E-state index contributed by atoms with van der Waals surface area (Å²) in [5.74, 6) is 0.405. The van der Waals surface area contributed by atoms with Gasteiger partial charge in [0.25, 0.3) is 6.43 Å². The molecule has 0 bridgehead atoms. The van der Waals surface area contributed by atoms with E-state index in [1.807, 2.05) is 0 Å². The van der Waals surface area contributed by atoms with Crippen LogP contribution in [-0.2, 0) is 6.54 Å². The molecule has 0 atom stereocenters. The quantitative estimate of drug-likeness (QED) is 0.928. The molecule has 86 valence electrons. The Balaban J connectivity index is 0.00000196. The molecule has 2 nitrogen and oxygen atoms in total. The summed E-state index contributed by atoms with van der Waals surface area (Å²) in [6.07, 6.45) is -2.47. The Morgan fingerprint density at radius 2 is 2.07 bits per heavy atom. The maximum atomic E-state index is 11.9. The summed E-state index contributed by atoms with van der Waals surface area (Å²) in [5, 5.41) is 0. The fourth-order valence-electron chi connectivity index (χ4n) is 0.984. The van der Waals surface area contributed by atoms with Crippen molar-refractivity contribution in [3.63, 3.8) is 0 Å². The molecule has 0 saturated carbocycles. The third-order valence-corrected chi connectivity index (χ3v) is 2.11. The molecule has 0 aromatic heterocycles. The average molecular weight is 303 g/mol. The van der Waals surface area contributed by atoms with Crippen LogP contribution < -0.4 is 10.5 Å². The van der Waals surface area contributed by atoms with Crippen LogP contribution in [0, 0.1) is 0 Å². The smallest absolute Gasteiger partial charge is 0.272 e. The summed E-state index contributed by atoms with van der Waals surface area (Å²) in [5.41, 5.74) is 6.14. The average Bonchev–Trinajstić information content (AvgIpc) is 2.15. The molecule has 0 heterocycles. The van der Waals surface area contributed by atoms with Gasteiger partial charge in [-0.05, 0) is 12.1 Å². The lowest BCUT2D eigenvalue weighted by Crippen LogP contribution is -2.09. The Labute approximate surface area is 101 Å². The summed E-state index contributed by atoms with van der Waals surface area (Å²) in [4.78, 5) is 0. The van der Waals surface area contributed by atoms with Gasteiger partial charge in [0.05, 0.1) is 0 Å². The van der Waals surface area contributed by atoms with Crippen LogP contribution in [-0.4, -0.2) is 13.0 Å². The van der Waals surface area contributed by atoms with Crippen LogP contribution in [0.3, 0.4) is 0 Å². The molecule has 2 N–H and O–H groups in total. The van der Waals surface area contributed by atoms with E-state index in [1.165, 1.54) is 0 Å². The molecule has 0 aliphatic heterocycles. The molecule has 15 heavy (non-hydrogen) atoms. The van der Waals surface area contributed by atoms with E-state index in [-0.39, 0.29) is 19.0 Å². The molecule has 6 heteroatoms. The van der Waals surface area contributed by atoms with E-state index in [4.69, 9.17) is 10.5 Å². The predicted molar refractivity (Wildman–Crippen MR) is 60.8 cm³/mol. The van der Waals surface area contributed by atoms with Crippen LogP contribution in [0.25, 0.3) is 0 Å². The van der Waals surface area contributed by atoms with E-state index in [1.54, 1.807) is 18.2 Å². The number of hydrogen-bond donors (Lipinski definition) is 1. The molecule has 0 fully saturated rings. The van der Waals surface area contributed by atoms with Crippen molar-refractivity contribution >= 4 is 28.3 Å². The number of benzene rings is 1. The fourth-order valence-corrected chi connectivity index (χ4v) is 1.32. The zero-order chi connectivity index (χ0) is 10.6. The third kappa shape index (κ3) is 4.77. The SMILES string of the molecule is Cl.NCc1ccc(Br)cc1OCC(F)F. The van der Waals surface area contributed by atoms with Gasteiger partial charge in [0.2, 0.25) is 0 Å². The first-order valence-electron chi connectivity index (χ1n) is 4.03. The van der Waals surface area contributed by atoms with Crippen molar-refractivity contribution < 1.29 is 13.5 Å². The number of ether oxygens (including phenoxy) is 1. The van der Waals surface area contributed by atoms with Crippen LogP contribution in [0.1, 0.15) is 5.56 Å². The monoisotopic (exact) mass is 301 g/mol. The third-order valence-electron chi connectivity index (χ3n) is 1.61. The van der Waals surface area contributed by atoms with Crippen LogP contribution in [0.4, 0.5) is 8.78 Å². The molecular formula is C9H11BrClF2NO. The lowest BCUT2D eigenvalue weighted by Gasteiger charge is -2.10. The fraction of sp³-hybridized carbons (Fsp3) is 0.333. The zero-order valence-electron chi connectivity index (χ0n) is 7.75. The van der Waals surface area contributed by atoms with E-state index in [0.29, 0.717) is 11.3 Å². The van der Waals surface area contributed by atoms with Gasteiger partial charge < -0.3 is 10.5 Å². The van der Waals surface area contributed by atoms with Crippen molar-refractivity contribution in [2.24, 2.45) is 5.73 Å². The number of alkyl halides is 2. The lowest BCUT2D eigenvalue weighted by atomic mass is 10.2. The zero-order valence-corrected chi connectivity index (χ0v) is 10.2. The van der Waals surface area contributed by atoms with Gasteiger partial charge in [0.1, 0.15) is 12.4 Å². The van der Waals surface area contributed by atoms with Crippen molar-refractivity contribution in [2.45, 2.75) is 13.0 Å².